The molecule has 1 N–H and O–H groups in total. The predicted molar refractivity (Wildman–Crippen MR) is 70.9 cm³/mol. The topological polar surface area (TPSA) is 80.9 Å². The van der Waals surface area contributed by atoms with Gasteiger partial charge < -0.3 is 5.11 Å². The first kappa shape index (κ1) is 13.0. The number of halogens is 1. The molecule has 0 atom stereocenters. The Balaban J connectivity index is 0.00000133. The Hall–Kier alpha value is -2.47. The number of hydrogen-bond acceptors (Lipinski definition) is 4. The second-order valence-electron chi connectivity index (χ2n) is 3.70. The fourth-order valence-electron chi connectivity index (χ4n) is 1.77. The lowest BCUT2D eigenvalue weighted by Crippen LogP contribution is -2.00. The third kappa shape index (κ3) is 2.25. The Labute approximate surface area is 114 Å². The Bertz CT molecular complexity index is 728. The van der Waals surface area contributed by atoms with E-state index in [1.54, 1.807) is 29.4 Å². The molecule has 0 fully saturated rings. The van der Waals surface area contributed by atoms with Gasteiger partial charge in [0, 0.05) is 17.8 Å². The molecule has 0 saturated carbocycles. The first-order valence-electron chi connectivity index (χ1n) is 5.22. The van der Waals surface area contributed by atoms with Crippen molar-refractivity contribution in [1.82, 2.24) is 19.5 Å². The molecule has 1 aromatic carbocycles. The summed E-state index contributed by atoms with van der Waals surface area (Å²) in [5.74, 6) is -0.297. The van der Waals surface area contributed by atoms with E-state index in [1.165, 1.54) is 18.5 Å². The van der Waals surface area contributed by atoms with Crippen LogP contribution >= 0.6 is 12.4 Å². The molecular weight excluding hydrogens is 268 g/mol. The summed E-state index contributed by atoms with van der Waals surface area (Å²) in [6.07, 6.45) is 6.46. The molecule has 0 spiro atoms. The zero-order valence-electron chi connectivity index (χ0n) is 9.59. The number of fused-ring (bicyclic) bond motifs is 1. The summed E-state index contributed by atoms with van der Waals surface area (Å²) in [5, 5.41) is 9.72. The Morgan fingerprint density at radius 3 is 2.79 bits per heavy atom. The quantitative estimate of drug-likeness (QED) is 0.773. The van der Waals surface area contributed by atoms with Crippen molar-refractivity contribution < 1.29 is 9.90 Å². The van der Waals surface area contributed by atoms with Crippen LogP contribution < -0.4 is 0 Å². The molecule has 2 aromatic heterocycles. The van der Waals surface area contributed by atoms with Crippen LogP contribution in [0, 0.1) is 0 Å². The molecule has 0 bridgehead atoms. The number of carbonyl (C=O) groups is 1. The maximum absolute atomic E-state index is 10.9. The third-order valence-corrected chi connectivity index (χ3v) is 2.61. The highest BCUT2D eigenvalue weighted by molar-refractivity contribution is 5.94. The maximum Gasteiger partial charge on any atom is 0.335 e. The van der Waals surface area contributed by atoms with Gasteiger partial charge >= 0.3 is 5.97 Å². The number of hydrogen-bond donors (Lipinski definition) is 1. The zero-order chi connectivity index (χ0) is 12.5. The highest BCUT2D eigenvalue weighted by atomic mass is 35.5. The molecule has 3 rings (SSSR count). The fraction of sp³-hybridized carbons (Fsp3) is 0. The Morgan fingerprint density at radius 1 is 1.26 bits per heavy atom. The van der Waals surface area contributed by atoms with Crippen molar-refractivity contribution >= 4 is 29.3 Å². The van der Waals surface area contributed by atoms with Crippen molar-refractivity contribution in [3.63, 3.8) is 0 Å². The summed E-state index contributed by atoms with van der Waals surface area (Å²) >= 11 is 0. The molecule has 0 amide bonds. The lowest BCUT2D eigenvalue weighted by atomic mass is 10.1. The standard InChI is InChI=1S/C12H8N4O2.ClH/c17-12(18)8-1-2-9-10(5-8)14-6-15-11(9)16-4-3-13-7-16;/h1-7H,(H,17,18);1H. The number of carboxylic acids is 1. The van der Waals surface area contributed by atoms with Crippen LogP contribution in [0.4, 0.5) is 0 Å². The van der Waals surface area contributed by atoms with E-state index in [0.717, 1.165) is 5.39 Å². The number of aromatic carboxylic acids is 1. The van der Waals surface area contributed by atoms with E-state index in [2.05, 4.69) is 15.0 Å². The van der Waals surface area contributed by atoms with Crippen LogP contribution in [0.15, 0.2) is 43.2 Å². The number of carboxylic acid groups (broad SMARTS) is 1. The van der Waals surface area contributed by atoms with Crippen LogP contribution in [-0.4, -0.2) is 30.6 Å². The summed E-state index contributed by atoms with van der Waals surface area (Å²) in [7, 11) is 0. The van der Waals surface area contributed by atoms with Gasteiger partial charge in [0.25, 0.3) is 0 Å². The molecule has 7 heteroatoms. The average molecular weight is 277 g/mol. The van der Waals surface area contributed by atoms with E-state index in [1.807, 2.05) is 0 Å². The third-order valence-electron chi connectivity index (χ3n) is 2.61. The minimum atomic E-state index is -0.973. The molecule has 0 aliphatic carbocycles. The van der Waals surface area contributed by atoms with E-state index in [4.69, 9.17) is 5.11 Å². The van der Waals surface area contributed by atoms with Crippen LogP contribution in [0.1, 0.15) is 10.4 Å². The van der Waals surface area contributed by atoms with Crippen molar-refractivity contribution in [2.45, 2.75) is 0 Å². The summed E-state index contributed by atoms with van der Waals surface area (Å²) in [5.41, 5.74) is 0.798. The second kappa shape index (κ2) is 5.03. The average Bonchev–Trinajstić information content (AvgIpc) is 2.91. The van der Waals surface area contributed by atoms with Crippen molar-refractivity contribution in [3.05, 3.63) is 48.8 Å². The molecule has 0 saturated heterocycles. The summed E-state index contributed by atoms with van der Waals surface area (Å²) in [6.45, 7) is 0. The second-order valence-corrected chi connectivity index (χ2v) is 3.70. The molecule has 6 nitrogen and oxygen atoms in total. The highest BCUT2D eigenvalue weighted by Gasteiger charge is 2.08. The van der Waals surface area contributed by atoms with Crippen LogP contribution in [0.5, 0.6) is 0 Å². The molecule has 0 unspecified atom stereocenters. The summed E-state index contributed by atoms with van der Waals surface area (Å²) < 4.78 is 1.75. The van der Waals surface area contributed by atoms with Crippen molar-refractivity contribution in [1.29, 1.82) is 0 Å². The normalized spacial score (nSPS) is 10.1. The first-order chi connectivity index (χ1) is 8.75. The monoisotopic (exact) mass is 276 g/mol. The van der Waals surface area contributed by atoms with Crippen LogP contribution in [0.3, 0.4) is 0 Å². The van der Waals surface area contributed by atoms with Gasteiger partial charge in [-0.25, -0.2) is 19.7 Å². The number of rotatable bonds is 2. The van der Waals surface area contributed by atoms with Gasteiger partial charge in [-0.2, -0.15) is 0 Å². The van der Waals surface area contributed by atoms with Gasteiger partial charge in [0.2, 0.25) is 0 Å². The molecule has 2 heterocycles. The van der Waals surface area contributed by atoms with Crippen molar-refractivity contribution in [3.8, 4) is 5.82 Å². The first-order valence-corrected chi connectivity index (χ1v) is 5.22. The maximum atomic E-state index is 10.9. The molecule has 0 aliphatic heterocycles. The minimum absolute atomic E-state index is 0. The highest BCUT2D eigenvalue weighted by Crippen LogP contribution is 2.19. The SMILES string of the molecule is Cl.O=C(O)c1ccc2c(-n3ccnc3)ncnc2c1. The van der Waals surface area contributed by atoms with Crippen LogP contribution in [-0.2, 0) is 0 Å². The van der Waals surface area contributed by atoms with Crippen molar-refractivity contribution in [2.24, 2.45) is 0 Å². The molecule has 0 aliphatic rings. The largest absolute Gasteiger partial charge is 0.478 e. The van der Waals surface area contributed by atoms with Crippen molar-refractivity contribution in [2.75, 3.05) is 0 Å². The number of aromatic nitrogens is 4. The van der Waals surface area contributed by atoms with Gasteiger partial charge in [0.15, 0.2) is 0 Å². The fourth-order valence-corrected chi connectivity index (χ4v) is 1.77. The molecular formula is C12H9ClN4O2. The van der Waals surface area contributed by atoms with E-state index < -0.39 is 5.97 Å². The predicted octanol–water partition coefficient (Wildman–Crippen LogP) is 1.94. The van der Waals surface area contributed by atoms with E-state index in [0.29, 0.717) is 11.3 Å². The smallest absolute Gasteiger partial charge is 0.335 e. The van der Waals surface area contributed by atoms with E-state index in [9.17, 15) is 4.79 Å². The van der Waals surface area contributed by atoms with E-state index >= 15 is 0 Å². The van der Waals surface area contributed by atoms with Crippen LogP contribution in [0.2, 0.25) is 0 Å². The molecule has 96 valence electrons. The van der Waals surface area contributed by atoms with Gasteiger partial charge in [0.05, 0.1) is 11.1 Å². The van der Waals surface area contributed by atoms with E-state index in [-0.39, 0.29) is 18.0 Å². The Kier molecular flexibility index (Phi) is 3.43. The molecule has 19 heavy (non-hydrogen) atoms. The van der Waals surface area contributed by atoms with Crippen LogP contribution in [0.25, 0.3) is 16.7 Å². The van der Waals surface area contributed by atoms with Gasteiger partial charge in [-0.1, -0.05) is 0 Å². The van der Waals surface area contributed by atoms with Gasteiger partial charge in [-0.15, -0.1) is 12.4 Å². The summed E-state index contributed by atoms with van der Waals surface area (Å²) in [6, 6.07) is 4.77. The summed E-state index contributed by atoms with van der Waals surface area (Å²) in [4.78, 5) is 23.1. The van der Waals surface area contributed by atoms with Gasteiger partial charge in [-0.05, 0) is 18.2 Å². The number of nitrogens with zero attached hydrogens (tertiary/aromatic N) is 4. The van der Waals surface area contributed by atoms with Gasteiger partial charge in [0.1, 0.15) is 18.5 Å². The Morgan fingerprint density at radius 2 is 2.11 bits per heavy atom. The molecule has 3 aromatic rings. The molecule has 0 radical (unpaired) electrons. The number of benzene rings is 1. The zero-order valence-corrected chi connectivity index (χ0v) is 10.4. The van der Waals surface area contributed by atoms with Gasteiger partial charge in [-0.3, -0.25) is 4.57 Å². The number of imidazole rings is 1. The lowest BCUT2D eigenvalue weighted by Gasteiger charge is -2.05. The lowest BCUT2D eigenvalue weighted by molar-refractivity contribution is 0.0697. The minimum Gasteiger partial charge on any atom is -0.478 e.